The maximum absolute atomic E-state index is 13.5. The van der Waals surface area contributed by atoms with Crippen LogP contribution in [0, 0.1) is 21.7 Å². The van der Waals surface area contributed by atoms with E-state index in [2.05, 4.69) is 10.1 Å². The van der Waals surface area contributed by atoms with E-state index >= 15 is 0 Å². The summed E-state index contributed by atoms with van der Waals surface area (Å²) in [4.78, 5) is 20.6. The van der Waals surface area contributed by atoms with Crippen molar-refractivity contribution in [3.63, 3.8) is 0 Å². The second-order valence-corrected chi connectivity index (χ2v) is 3.67. The molecule has 0 amide bonds. The number of likely N-dealkylation sites (N-methyl/N-ethyl adjacent to an activating group) is 1. The molecule has 0 aliphatic rings. The first-order valence-electron chi connectivity index (χ1n) is 5.42. The van der Waals surface area contributed by atoms with E-state index in [9.17, 15) is 23.7 Å². The van der Waals surface area contributed by atoms with Crippen LogP contribution >= 0.6 is 0 Å². The van der Waals surface area contributed by atoms with Crippen LogP contribution in [0.4, 0.5) is 14.5 Å². The number of hydrogen-bond donors (Lipinski definition) is 1. The highest BCUT2D eigenvalue weighted by Gasteiger charge is 2.22. The summed E-state index contributed by atoms with van der Waals surface area (Å²) in [6, 6.07) is 0.0897. The maximum atomic E-state index is 13.5. The molecule has 1 N–H and O–H groups in total. The van der Waals surface area contributed by atoms with Gasteiger partial charge in [-0.15, -0.1) is 0 Å². The number of esters is 1. The molecule has 0 aromatic heterocycles. The van der Waals surface area contributed by atoms with Crippen molar-refractivity contribution in [3.8, 4) is 5.75 Å². The SMILES string of the molecule is CNC(COc1cc(F)c([N+](=O)[O-])cc1F)C(=O)OC. The number of benzene rings is 1. The fraction of sp³-hybridized carbons (Fsp3) is 0.364. The third-order valence-corrected chi connectivity index (χ3v) is 2.44. The van der Waals surface area contributed by atoms with E-state index < -0.39 is 40.0 Å². The number of nitro groups is 1. The highest BCUT2D eigenvalue weighted by atomic mass is 19.1. The van der Waals surface area contributed by atoms with Crippen LogP contribution in [0.15, 0.2) is 12.1 Å². The van der Waals surface area contributed by atoms with Gasteiger partial charge in [0.25, 0.3) is 0 Å². The first-order valence-corrected chi connectivity index (χ1v) is 5.42. The molecular formula is C11H12F2N2O5. The summed E-state index contributed by atoms with van der Waals surface area (Å²) >= 11 is 0. The third kappa shape index (κ3) is 3.60. The van der Waals surface area contributed by atoms with E-state index in [1.807, 2.05) is 0 Å². The molecule has 9 heteroatoms. The Hall–Kier alpha value is -2.29. The van der Waals surface area contributed by atoms with E-state index in [1.165, 1.54) is 14.2 Å². The zero-order chi connectivity index (χ0) is 15.3. The Balaban J connectivity index is 2.86. The van der Waals surface area contributed by atoms with Gasteiger partial charge in [-0.05, 0) is 7.05 Å². The molecule has 1 aromatic rings. The topological polar surface area (TPSA) is 90.7 Å². The number of nitrogens with one attached hydrogen (secondary N) is 1. The van der Waals surface area contributed by atoms with E-state index in [4.69, 9.17) is 4.74 Å². The van der Waals surface area contributed by atoms with Crippen LogP contribution in [-0.4, -0.2) is 37.7 Å². The number of methoxy groups -OCH3 is 1. The molecule has 110 valence electrons. The van der Waals surface area contributed by atoms with Crippen LogP contribution in [0.2, 0.25) is 0 Å². The highest BCUT2D eigenvalue weighted by molar-refractivity contribution is 5.75. The summed E-state index contributed by atoms with van der Waals surface area (Å²) in [6.45, 7) is -0.322. The minimum Gasteiger partial charge on any atom is -0.488 e. The third-order valence-electron chi connectivity index (χ3n) is 2.44. The molecule has 1 unspecified atom stereocenters. The van der Waals surface area contributed by atoms with Crippen molar-refractivity contribution in [2.24, 2.45) is 0 Å². The van der Waals surface area contributed by atoms with Gasteiger partial charge in [0, 0.05) is 6.07 Å². The summed E-state index contributed by atoms with van der Waals surface area (Å²) in [5.74, 6) is -3.50. The number of hydrogen-bond acceptors (Lipinski definition) is 6. The fourth-order valence-corrected chi connectivity index (χ4v) is 1.35. The quantitative estimate of drug-likeness (QED) is 0.478. The average Bonchev–Trinajstić information content (AvgIpc) is 2.41. The van der Waals surface area contributed by atoms with Crippen LogP contribution in [0.3, 0.4) is 0 Å². The molecule has 0 aliphatic heterocycles. The molecule has 1 atom stereocenters. The molecule has 0 heterocycles. The van der Waals surface area contributed by atoms with Crippen molar-refractivity contribution in [3.05, 3.63) is 33.9 Å². The van der Waals surface area contributed by atoms with Gasteiger partial charge in [0.1, 0.15) is 12.6 Å². The van der Waals surface area contributed by atoms with E-state index in [0.29, 0.717) is 12.1 Å². The molecule has 0 aliphatic carbocycles. The lowest BCUT2D eigenvalue weighted by molar-refractivity contribution is -0.387. The molecule has 0 spiro atoms. The van der Waals surface area contributed by atoms with Gasteiger partial charge in [0.15, 0.2) is 11.6 Å². The van der Waals surface area contributed by atoms with E-state index in [-0.39, 0.29) is 6.61 Å². The van der Waals surface area contributed by atoms with E-state index in [0.717, 1.165) is 0 Å². The van der Waals surface area contributed by atoms with Crippen LogP contribution < -0.4 is 10.1 Å². The Morgan fingerprint density at radius 1 is 1.45 bits per heavy atom. The molecule has 0 saturated carbocycles. The van der Waals surface area contributed by atoms with Gasteiger partial charge < -0.3 is 14.8 Å². The normalized spacial score (nSPS) is 11.8. The predicted molar refractivity (Wildman–Crippen MR) is 63.4 cm³/mol. The molecule has 0 bridgehead atoms. The van der Waals surface area contributed by atoms with Crippen LogP contribution in [-0.2, 0) is 9.53 Å². The number of halogens is 2. The van der Waals surface area contributed by atoms with Gasteiger partial charge in [-0.3, -0.25) is 14.9 Å². The minimum absolute atomic E-state index is 0.322. The van der Waals surface area contributed by atoms with Crippen molar-refractivity contribution >= 4 is 11.7 Å². The van der Waals surface area contributed by atoms with Crippen molar-refractivity contribution in [1.29, 1.82) is 0 Å². The van der Waals surface area contributed by atoms with E-state index in [1.54, 1.807) is 0 Å². The Kier molecular flexibility index (Phi) is 5.32. The molecule has 7 nitrogen and oxygen atoms in total. The van der Waals surface area contributed by atoms with Gasteiger partial charge in [0.2, 0.25) is 5.82 Å². The Morgan fingerprint density at radius 3 is 2.60 bits per heavy atom. The molecule has 20 heavy (non-hydrogen) atoms. The van der Waals surface area contributed by atoms with Gasteiger partial charge in [0.05, 0.1) is 18.1 Å². The highest BCUT2D eigenvalue weighted by Crippen LogP contribution is 2.26. The Bertz CT molecular complexity index is 524. The number of ether oxygens (including phenoxy) is 2. The lowest BCUT2D eigenvalue weighted by atomic mass is 10.2. The smallest absolute Gasteiger partial charge is 0.326 e. The maximum Gasteiger partial charge on any atom is 0.326 e. The zero-order valence-electron chi connectivity index (χ0n) is 10.7. The largest absolute Gasteiger partial charge is 0.488 e. The van der Waals surface area contributed by atoms with Crippen LogP contribution in [0.1, 0.15) is 0 Å². The number of nitrogens with zero attached hydrogens (tertiary/aromatic N) is 1. The standard InChI is InChI=1S/C11H12F2N2O5/c1-14-8(11(16)19-2)5-20-10-4-6(12)9(15(17)18)3-7(10)13/h3-4,8,14H,5H2,1-2H3. The lowest BCUT2D eigenvalue weighted by Gasteiger charge is -2.15. The first kappa shape index (κ1) is 15.8. The Morgan fingerprint density at radius 2 is 2.10 bits per heavy atom. The number of nitro benzene ring substituents is 1. The molecule has 1 aromatic carbocycles. The molecule has 0 radical (unpaired) electrons. The second kappa shape index (κ2) is 6.75. The van der Waals surface area contributed by atoms with Crippen LogP contribution in [0.25, 0.3) is 0 Å². The van der Waals surface area contributed by atoms with Crippen molar-refractivity contribution in [2.45, 2.75) is 6.04 Å². The Labute approximate surface area is 112 Å². The van der Waals surface area contributed by atoms with Crippen LogP contribution in [0.5, 0.6) is 5.75 Å². The van der Waals surface area contributed by atoms with Gasteiger partial charge in [-0.2, -0.15) is 4.39 Å². The number of carbonyl (C=O) groups excluding carboxylic acids is 1. The summed E-state index contributed by atoms with van der Waals surface area (Å²) in [6.07, 6.45) is 0. The molecule has 0 fully saturated rings. The summed E-state index contributed by atoms with van der Waals surface area (Å²) in [7, 11) is 2.62. The molecule has 0 saturated heterocycles. The number of rotatable bonds is 6. The minimum atomic E-state index is -1.23. The number of carbonyl (C=O) groups is 1. The van der Waals surface area contributed by atoms with Gasteiger partial charge in [-0.25, -0.2) is 4.39 Å². The molecular weight excluding hydrogens is 278 g/mol. The molecule has 1 rings (SSSR count). The average molecular weight is 290 g/mol. The van der Waals surface area contributed by atoms with Gasteiger partial charge in [-0.1, -0.05) is 0 Å². The summed E-state index contributed by atoms with van der Waals surface area (Å²) in [5, 5.41) is 13.0. The summed E-state index contributed by atoms with van der Waals surface area (Å²) in [5.41, 5.74) is -0.993. The zero-order valence-corrected chi connectivity index (χ0v) is 10.7. The fourth-order valence-electron chi connectivity index (χ4n) is 1.35. The van der Waals surface area contributed by atoms with Crippen molar-refractivity contribution < 1.29 is 28.0 Å². The second-order valence-electron chi connectivity index (χ2n) is 3.67. The van der Waals surface area contributed by atoms with Crippen molar-refractivity contribution in [1.82, 2.24) is 5.32 Å². The lowest BCUT2D eigenvalue weighted by Crippen LogP contribution is -2.40. The monoisotopic (exact) mass is 290 g/mol. The van der Waals surface area contributed by atoms with Crippen molar-refractivity contribution in [2.75, 3.05) is 20.8 Å². The summed E-state index contributed by atoms with van der Waals surface area (Å²) < 4.78 is 36.2. The predicted octanol–water partition coefficient (Wildman–Crippen LogP) is 1.01. The van der Waals surface area contributed by atoms with Gasteiger partial charge >= 0.3 is 11.7 Å². The first-order chi connectivity index (χ1) is 9.40.